The van der Waals surface area contributed by atoms with Gasteiger partial charge in [-0.1, -0.05) is 17.7 Å². The van der Waals surface area contributed by atoms with Gasteiger partial charge in [0.05, 0.1) is 6.10 Å². The lowest BCUT2D eigenvalue weighted by Crippen LogP contribution is -2.29. The fourth-order valence-electron chi connectivity index (χ4n) is 2.24. The topological polar surface area (TPSA) is 46.5 Å². The van der Waals surface area contributed by atoms with Gasteiger partial charge >= 0.3 is 5.97 Å². The van der Waals surface area contributed by atoms with Gasteiger partial charge in [0.15, 0.2) is 6.10 Å². The van der Waals surface area contributed by atoms with E-state index in [2.05, 4.69) is 12.1 Å². The summed E-state index contributed by atoms with van der Waals surface area (Å²) in [5, 5.41) is 9.19. The molecule has 1 atom stereocenters. The summed E-state index contributed by atoms with van der Waals surface area (Å²) in [6.07, 6.45) is -0.437. The Labute approximate surface area is 109 Å². The number of carboxylic acids is 1. The van der Waals surface area contributed by atoms with Gasteiger partial charge < -0.3 is 9.84 Å². The van der Waals surface area contributed by atoms with Gasteiger partial charge in [-0.05, 0) is 51.3 Å². The highest BCUT2D eigenvalue weighted by molar-refractivity contribution is 5.73. The summed E-state index contributed by atoms with van der Waals surface area (Å²) in [7, 11) is 0. The van der Waals surface area contributed by atoms with Crippen molar-refractivity contribution in [3.05, 3.63) is 34.4 Å². The van der Waals surface area contributed by atoms with E-state index in [9.17, 15) is 9.90 Å². The van der Waals surface area contributed by atoms with E-state index in [1.165, 1.54) is 5.56 Å². The minimum Gasteiger partial charge on any atom is -0.479 e. The van der Waals surface area contributed by atoms with Gasteiger partial charge in [0, 0.05) is 6.42 Å². The molecule has 3 heteroatoms. The number of carbonyl (C=O) groups is 1. The quantitative estimate of drug-likeness (QED) is 0.873. The maximum Gasteiger partial charge on any atom is 0.333 e. The zero-order valence-corrected chi connectivity index (χ0v) is 11.8. The Kier molecular flexibility index (Phi) is 4.91. The number of hydrogen-bond acceptors (Lipinski definition) is 2. The predicted octanol–water partition coefficient (Wildman–Crippen LogP) is 3.03. The summed E-state index contributed by atoms with van der Waals surface area (Å²) in [6, 6.07) is 4.16. The van der Waals surface area contributed by atoms with Crippen molar-refractivity contribution in [1.82, 2.24) is 0 Å². The molecule has 0 amide bonds. The van der Waals surface area contributed by atoms with E-state index >= 15 is 0 Å². The molecule has 0 aliphatic heterocycles. The lowest BCUT2D eigenvalue weighted by Gasteiger charge is -2.19. The molecule has 0 aliphatic rings. The molecular weight excluding hydrogens is 228 g/mol. The summed E-state index contributed by atoms with van der Waals surface area (Å²) >= 11 is 0. The van der Waals surface area contributed by atoms with Crippen molar-refractivity contribution in [3.8, 4) is 0 Å². The second-order valence-corrected chi connectivity index (χ2v) is 5.09. The Morgan fingerprint density at radius 1 is 1.22 bits per heavy atom. The van der Waals surface area contributed by atoms with Gasteiger partial charge in [-0.15, -0.1) is 0 Å². The molecule has 0 heterocycles. The zero-order valence-electron chi connectivity index (χ0n) is 11.8. The molecule has 0 saturated heterocycles. The number of benzene rings is 1. The van der Waals surface area contributed by atoms with Crippen LogP contribution < -0.4 is 0 Å². The van der Waals surface area contributed by atoms with Gasteiger partial charge in [-0.3, -0.25) is 0 Å². The molecule has 18 heavy (non-hydrogen) atoms. The maximum absolute atomic E-state index is 11.2. The zero-order chi connectivity index (χ0) is 13.9. The minimum absolute atomic E-state index is 0.0860. The predicted molar refractivity (Wildman–Crippen MR) is 72.0 cm³/mol. The molecule has 0 bridgehead atoms. The van der Waals surface area contributed by atoms with Gasteiger partial charge in [0.1, 0.15) is 0 Å². The second kappa shape index (κ2) is 6.01. The number of ether oxygens (including phenoxy) is 1. The number of rotatable bonds is 5. The van der Waals surface area contributed by atoms with Crippen LogP contribution in [-0.4, -0.2) is 23.3 Å². The highest BCUT2D eigenvalue weighted by atomic mass is 16.5. The van der Waals surface area contributed by atoms with Gasteiger partial charge in [-0.2, -0.15) is 0 Å². The first-order chi connectivity index (χ1) is 8.31. The van der Waals surface area contributed by atoms with E-state index in [4.69, 9.17) is 4.74 Å². The van der Waals surface area contributed by atoms with E-state index in [1.54, 1.807) is 0 Å². The molecule has 3 nitrogen and oxygen atoms in total. The first kappa shape index (κ1) is 14.7. The van der Waals surface area contributed by atoms with Crippen LogP contribution in [0.4, 0.5) is 0 Å². The Morgan fingerprint density at radius 3 is 2.11 bits per heavy atom. The van der Waals surface area contributed by atoms with Crippen LogP contribution in [0.15, 0.2) is 12.1 Å². The third-order valence-electron chi connectivity index (χ3n) is 2.94. The fraction of sp³-hybridized carbons (Fsp3) is 0.533. The van der Waals surface area contributed by atoms with Crippen molar-refractivity contribution < 1.29 is 14.6 Å². The molecular formula is C15H22O3. The monoisotopic (exact) mass is 250 g/mol. The highest BCUT2D eigenvalue weighted by Gasteiger charge is 2.21. The first-order valence-electron chi connectivity index (χ1n) is 6.26. The van der Waals surface area contributed by atoms with Crippen molar-refractivity contribution in [2.75, 3.05) is 0 Å². The fourth-order valence-corrected chi connectivity index (χ4v) is 2.24. The Hall–Kier alpha value is -1.35. The third-order valence-corrected chi connectivity index (χ3v) is 2.94. The number of carboxylic acid groups (broad SMARTS) is 1. The Morgan fingerprint density at radius 2 is 1.72 bits per heavy atom. The lowest BCUT2D eigenvalue weighted by atomic mass is 9.95. The van der Waals surface area contributed by atoms with Crippen LogP contribution in [0, 0.1) is 20.8 Å². The number of hydrogen-bond donors (Lipinski definition) is 1. The molecule has 0 fully saturated rings. The molecule has 0 radical (unpaired) electrons. The first-order valence-corrected chi connectivity index (χ1v) is 6.26. The van der Waals surface area contributed by atoms with Crippen LogP contribution in [0.1, 0.15) is 36.1 Å². The minimum atomic E-state index is -0.900. The molecule has 0 spiro atoms. The number of aryl methyl sites for hydroxylation is 3. The average Bonchev–Trinajstić information content (AvgIpc) is 2.20. The molecule has 0 saturated carbocycles. The van der Waals surface area contributed by atoms with Crippen molar-refractivity contribution in [2.45, 2.75) is 53.2 Å². The van der Waals surface area contributed by atoms with Gasteiger partial charge in [0.2, 0.25) is 0 Å². The third kappa shape index (κ3) is 3.84. The van der Waals surface area contributed by atoms with E-state index in [0.717, 1.165) is 16.7 Å². The van der Waals surface area contributed by atoms with Crippen LogP contribution in [0.2, 0.25) is 0 Å². The molecule has 1 aromatic carbocycles. The summed E-state index contributed by atoms with van der Waals surface area (Å²) in [5.74, 6) is -0.900. The van der Waals surface area contributed by atoms with E-state index < -0.39 is 12.1 Å². The highest BCUT2D eigenvalue weighted by Crippen LogP contribution is 2.19. The second-order valence-electron chi connectivity index (χ2n) is 5.09. The van der Waals surface area contributed by atoms with Crippen LogP contribution in [0.25, 0.3) is 0 Å². The van der Waals surface area contributed by atoms with Crippen molar-refractivity contribution >= 4 is 5.97 Å². The largest absolute Gasteiger partial charge is 0.479 e. The Bertz CT molecular complexity index is 412. The molecule has 1 rings (SSSR count). The van der Waals surface area contributed by atoms with Crippen LogP contribution in [-0.2, 0) is 16.0 Å². The molecule has 0 unspecified atom stereocenters. The summed E-state index contributed by atoms with van der Waals surface area (Å²) in [6.45, 7) is 9.78. The lowest BCUT2D eigenvalue weighted by molar-refractivity contribution is -0.153. The molecule has 0 aliphatic carbocycles. The summed E-state index contributed by atoms with van der Waals surface area (Å²) in [5.41, 5.74) is 4.54. The average molecular weight is 250 g/mol. The van der Waals surface area contributed by atoms with Crippen molar-refractivity contribution in [2.24, 2.45) is 0 Å². The molecule has 100 valence electrons. The Balaban J connectivity index is 2.97. The summed E-state index contributed by atoms with van der Waals surface area (Å²) in [4.78, 5) is 11.2. The maximum atomic E-state index is 11.2. The van der Waals surface area contributed by atoms with E-state index in [1.807, 2.05) is 34.6 Å². The van der Waals surface area contributed by atoms with Gasteiger partial charge in [0.25, 0.3) is 0 Å². The smallest absolute Gasteiger partial charge is 0.333 e. The molecule has 1 aromatic rings. The summed E-state index contributed by atoms with van der Waals surface area (Å²) < 4.78 is 5.46. The number of aliphatic carboxylic acids is 1. The SMILES string of the molecule is Cc1cc(C)c(C[C@H](OC(C)C)C(=O)O)c(C)c1. The molecule has 0 aromatic heterocycles. The van der Waals surface area contributed by atoms with Crippen LogP contribution >= 0.6 is 0 Å². The van der Waals surface area contributed by atoms with Crippen molar-refractivity contribution in [3.63, 3.8) is 0 Å². The van der Waals surface area contributed by atoms with Crippen LogP contribution in [0.5, 0.6) is 0 Å². The van der Waals surface area contributed by atoms with E-state index in [-0.39, 0.29) is 6.10 Å². The van der Waals surface area contributed by atoms with Gasteiger partial charge in [-0.25, -0.2) is 4.79 Å². The van der Waals surface area contributed by atoms with Crippen LogP contribution in [0.3, 0.4) is 0 Å². The van der Waals surface area contributed by atoms with Crippen molar-refractivity contribution in [1.29, 1.82) is 0 Å². The normalized spacial score (nSPS) is 12.8. The van der Waals surface area contributed by atoms with E-state index in [0.29, 0.717) is 6.42 Å². The molecule has 1 N–H and O–H groups in total. The standard InChI is InChI=1S/C15H22O3/c1-9(2)18-14(15(16)17)8-13-11(4)6-10(3)7-12(13)5/h6-7,9,14H,8H2,1-5H3,(H,16,17)/t14-/m0/s1.